The summed E-state index contributed by atoms with van der Waals surface area (Å²) in [5.41, 5.74) is 31.7. The molecule has 0 saturated carbocycles. The standard InChI is InChI=1S/C48H28N2OS.2C42H25NOS/c1-2-11-31(12-3-1)49-39-17-7-4-13-32(39)37-27-29(21-24-40(37)49)30-22-25-41-38(28-30)46-42(26-23-36-34-15-6-9-20-45(34)52-48(36)46)50(41)43-18-10-16-35-33-14-5-8-19-44(33)51-47(35)43;1-4-13-36-35(10-1)40-37(25-24-34-32-9-3-6-15-39(32)45-42(34)40)43(36)29-22-20-27(21-23-29)26-16-18-28(19-17-26)30-11-7-12-33-31-8-2-5-14-38(31)44-41(30)33;1-4-10-36-34(9-1)41-37(23-22-33-32-8-3-6-12-40(32)45-42(33)41)43(36)30-20-17-27(18-21-30)26-13-15-28(16-14-26)29-19-24-39-35(25-29)31-7-2-5-11-38(31)44-39/h1-28H;2*1-25H. The molecule has 0 amide bonds. The smallest absolute Gasteiger partial charge is 0.159 e. The minimum Gasteiger partial charge on any atom is -0.456 e. The third kappa shape index (κ3) is 12.5. The molecule has 0 fully saturated rings. The van der Waals surface area contributed by atoms with Gasteiger partial charge < -0.3 is 31.5 Å². The van der Waals surface area contributed by atoms with E-state index in [9.17, 15) is 0 Å². The molecule has 10 heteroatoms. The molecule has 7 nitrogen and oxygen atoms in total. The van der Waals surface area contributed by atoms with Crippen molar-refractivity contribution in [2.24, 2.45) is 0 Å². The summed E-state index contributed by atoms with van der Waals surface area (Å²) in [5, 5.41) is 25.1. The maximum absolute atomic E-state index is 6.62. The van der Waals surface area contributed by atoms with Crippen LogP contribution >= 0.6 is 34.0 Å². The molecule has 0 N–H and O–H groups in total. The quantitative estimate of drug-likeness (QED) is 0.145. The van der Waals surface area contributed by atoms with Gasteiger partial charge >= 0.3 is 0 Å². The Kier molecular flexibility index (Phi) is 18.0. The van der Waals surface area contributed by atoms with Crippen molar-refractivity contribution in [1.82, 2.24) is 18.3 Å². The molecule has 0 aliphatic rings. The van der Waals surface area contributed by atoms with Gasteiger partial charge in [-0.25, -0.2) is 0 Å². The van der Waals surface area contributed by atoms with E-state index in [1.165, 1.54) is 209 Å². The van der Waals surface area contributed by atoms with E-state index in [0.29, 0.717) is 0 Å². The van der Waals surface area contributed by atoms with Crippen molar-refractivity contribution in [1.29, 1.82) is 0 Å². The molecule has 142 heavy (non-hydrogen) atoms. The first kappa shape index (κ1) is 80.2. The average molecular weight is 1860 g/mol. The summed E-state index contributed by atoms with van der Waals surface area (Å²) in [6, 6.07) is 171. The lowest BCUT2D eigenvalue weighted by Crippen LogP contribution is -1.94. The monoisotopic (exact) mass is 1860 g/mol. The van der Waals surface area contributed by atoms with Crippen molar-refractivity contribution < 1.29 is 13.3 Å². The fourth-order valence-corrected chi connectivity index (χ4v) is 26.6. The van der Waals surface area contributed by atoms with Crippen LogP contribution in [0, 0.1) is 0 Å². The van der Waals surface area contributed by atoms with Crippen LogP contribution in [0.1, 0.15) is 0 Å². The first-order valence-electron chi connectivity index (χ1n) is 48.2. The zero-order chi connectivity index (χ0) is 92.9. The van der Waals surface area contributed by atoms with Crippen LogP contribution in [0.3, 0.4) is 0 Å². The number of benzene rings is 22. The van der Waals surface area contributed by atoms with Crippen molar-refractivity contribution >= 4 is 248 Å². The van der Waals surface area contributed by atoms with Gasteiger partial charge in [0.25, 0.3) is 0 Å². The molecule has 10 aromatic heterocycles. The second kappa shape index (κ2) is 31.8. The fourth-order valence-electron chi connectivity index (χ4n) is 22.9. The number of nitrogens with zero attached hydrogens (tertiary/aromatic N) is 4. The van der Waals surface area contributed by atoms with Gasteiger partial charge in [0.15, 0.2) is 5.58 Å². The van der Waals surface area contributed by atoms with Crippen molar-refractivity contribution in [2.75, 3.05) is 0 Å². The largest absolute Gasteiger partial charge is 0.456 e. The molecular weight excluding hydrogens is 1790 g/mol. The zero-order valence-electron chi connectivity index (χ0n) is 76.3. The second-order valence-electron chi connectivity index (χ2n) is 37.1. The predicted molar refractivity (Wildman–Crippen MR) is 604 cm³/mol. The van der Waals surface area contributed by atoms with E-state index in [1.807, 2.05) is 64.3 Å². The van der Waals surface area contributed by atoms with Crippen LogP contribution < -0.4 is 0 Å². The third-order valence-electron chi connectivity index (χ3n) is 29.4. The van der Waals surface area contributed by atoms with Crippen LogP contribution in [0.15, 0.2) is 486 Å². The molecule has 0 aliphatic carbocycles. The van der Waals surface area contributed by atoms with E-state index in [1.54, 1.807) is 0 Å². The number of hydrogen-bond acceptors (Lipinski definition) is 6. The highest BCUT2D eigenvalue weighted by Crippen LogP contribution is 2.51. The number of furan rings is 3. The molecule has 0 saturated heterocycles. The normalized spacial score (nSPS) is 12.1. The van der Waals surface area contributed by atoms with Crippen LogP contribution in [0.5, 0.6) is 0 Å². The third-order valence-corrected chi connectivity index (χ3v) is 33.0. The number of aromatic nitrogens is 4. The van der Waals surface area contributed by atoms with Crippen molar-refractivity contribution in [3.05, 3.63) is 473 Å². The molecule has 0 radical (unpaired) electrons. The van der Waals surface area contributed by atoms with Crippen LogP contribution in [0.2, 0.25) is 0 Å². The average Bonchev–Trinajstić information content (AvgIpc) is 1.56. The Morgan fingerprint density at radius 1 is 0.155 bits per heavy atom. The van der Waals surface area contributed by atoms with Crippen molar-refractivity contribution in [3.8, 4) is 78.4 Å². The minimum absolute atomic E-state index is 0.906. The predicted octanol–water partition coefficient (Wildman–Crippen LogP) is 38.6. The zero-order valence-corrected chi connectivity index (χ0v) is 78.7. The van der Waals surface area contributed by atoms with Crippen LogP contribution in [0.25, 0.3) is 292 Å². The Labute approximate surface area is 824 Å². The number of para-hydroxylation sites is 9. The highest BCUT2D eigenvalue weighted by molar-refractivity contribution is 7.27. The van der Waals surface area contributed by atoms with Crippen LogP contribution in [-0.4, -0.2) is 18.3 Å². The van der Waals surface area contributed by atoms with E-state index in [4.69, 9.17) is 13.3 Å². The summed E-state index contributed by atoms with van der Waals surface area (Å²) in [5.74, 6) is 0. The van der Waals surface area contributed by atoms with Gasteiger partial charge in [0.05, 0.1) is 49.8 Å². The summed E-state index contributed by atoms with van der Waals surface area (Å²) in [4.78, 5) is 0. The molecule has 32 rings (SSSR count). The van der Waals surface area contributed by atoms with E-state index >= 15 is 0 Å². The Hall–Kier alpha value is -17.9. The maximum atomic E-state index is 6.62. The number of thiophene rings is 3. The Morgan fingerprint density at radius 2 is 0.465 bits per heavy atom. The van der Waals surface area contributed by atoms with Crippen LogP contribution in [0.4, 0.5) is 0 Å². The molecule has 10 heterocycles. The first-order chi connectivity index (χ1) is 70.4. The number of fused-ring (bicyclic) bond motifs is 33. The molecule has 0 atom stereocenters. The topological polar surface area (TPSA) is 59.1 Å². The highest BCUT2D eigenvalue weighted by Gasteiger charge is 2.26. The van der Waals surface area contributed by atoms with Gasteiger partial charge in [-0.15, -0.1) is 34.0 Å². The van der Waals surface area contributed by atoms with Crippen molar-refractivity contribution in [2.45, 2.75) is 0 Å². The maximum Gasteiger partial charge on any atom is 0.159 e. The number of hydrogen-bond donors (Lipinski definition) is 0. The van der Waals surface area contributed by atoms with Gasteiger partial charge in [-0.2, -0.15) is 0 Å². The van der Waals surface area contributed by atoms with Gasteiger partial charge in [0.2, 0.25) is 0 Å². The van der Waals surface area contributed by atoms with Gasteiger partial charge in [-0.3, -0.25) is 0 Å². The molecule has 662 valence electrons. The van der Waals surface area contributed by atoms with Gasteiger partial charge in [0.1, 0.15) is 27.9 Å². The van der Waals surface area contributed by atoms with Gasteiger partial charge in [0, 0.05) is 159 Å². The second-order valence-corrected chi connectivity index (χ2v) is 40.2. The highest BCUT2D eigenvalue weighted by atomic mass is 32.1. The summed E-state index contributed by atoms with van der Waals surface area (Å²) in [6.07, 6.45) is 0. The summed E-state index contributed by atoms with van der Waals surface area (Å²) in [6.45, 7) is 0. The first-order valence-corrected chi connectivity index (χ1v) is 50.7. The molecule has 0 aliphatic heterocycles. The fraction of sp³-hybridized carbons (Fsp3) is 0. The minimum atomic E-state index is 0.906. The Bertz CT molecular complexity index is 10800. The Morgan fingerprint density at radius 3 is 0.986 bits per heavy atom. The molecule has 0 spiro atoms. The number of rotatable bonds is 9. The lowest BCUT2D eigenvalue weighted by atomic mass is 9.98. The lowest BCUT2D eigenvalue weighted by Gasteiger charge is -2.10. The molecule has 22 aromatic carbocycles. The van der Waals surface area contributed by atoms with Crippen molar-refractivity contribution in [3.63, 3.8) is 0 Å². The van der Waals surface area contributed by atoms with E-state index in [-0.39, 0.29) is 0 Å². The summed E-state index contributed by atoms with van der Waals surface area (Å²) < 4.78 is 36.6. The molecule has 32 aromatic rings. The lowest BCUT2D eigenvalue weighted by molar-refractivity contribution is 0.666. The van der Waals surface area contributed by atoms with Crippen LogP contribution in [-0.2, 0) is 0 Å². The van der Waals surface area contributed by atoms with Gasteiger partial charge in [-0.05, 0) is 202 Å². The molecule has 0 unspecified atom stereocenters. The summed E-state index contributed by atoms with van der Waals surface area (Å²) in [7, 11) is 0. The molecular formula is C132H78N4O3S3. The summed E-state index contributed by atoms with van der Waals surface area (Å²) >= 11 is 5.68. The van der Waals surface area contributed by atoms with Gasteiger partial charge in [-0.1, -0.05) is 322 Å². The van der Waals surface area contributed by atoms with E-state index in [2.05, 4.69) is 461 Å². The SMILES string of the molecule is c1ccc(-n2c3ccccc3c3cc(-c4ccc5c(c4)c4c6sc7ccccc7c6ccc4n5-c4cccc5c4oc4ccccc45)ccc32)cc1.c1ccc2c(c1)oc1c(-c3ccc(-c4ccc(-n5c6ccccc6c6c7sc8ccccc8c7ccc65)cc4)cc3)cccc12.c1ccc2c(c1)oc1ccc(-c3ccc(-c4ccc(-n5c6ccccc6c6c7sc8ccccc8c7ccc65)cc4)cc3)cc12. The van der Waals surface area contributed by atoms with E-state index in [0.717, 1.165) is 82.6 Å². The molecule has 0 bridgehead atoms. The Balaban J connectivity index is 0.000000100. The van der Waals surface area contributed by atoms with E-state index < -0.39 is 0 Å².